The zero-order valence-corrected chi connectivity index (χ0v) is 13.9. The summed E-state index contributed by atoms with van der Waals surface area (Å²) in [6.07, 6.45) is 2.56. The van der Waals surface area contributed by atoms with Gasteiger partial charge in [0.1, 0.15) is 6.04 Å². The monoisotopic (exact) mass is 308 g/mol. The molecule has 1 amide bonds. The Bertz CT molecular complexity index is 409. The van der Waals surface area contributed by atoms with Crippen molar-refractivity contribution in [1.29, 1.82) is 0 Å². The van der Waals surface area contributed by atoms with Gasteiger partial charge in [-0.3, -0.25) is 4.79 Å². The number of amides is 1. The molecule has 0 aliphatic rings. The van der Waals surface area contributed by atoms with E-state index in [4.69, 9.17) is 5.11 Å². The van der Waals surface area contributed by atoms with E-state index >= 15 is 0 Å². The van der Waals surface area contributed by atoms with Crippen LogP contribution in [-0.2, 0) is 14.8 Å². The van der Waals surface area contributed by atoms with Crippen molar-refractivity contribution in [2.24, 2.45) is 5.92 Å². The van der Waals surface area contributed by atoms with Crippen LogP contribution in [0.25, 0.3) is 0 Å². The molecule has 0 saturated heterocycles. The van der Waals surface area contributed by atoms with Crippen LogP contribution in [0.15, 0.2) is 0 Å². The SMILES string of the molecule is CCC(C)(CCO)NC(=O)C(CC(C)C)NS(C)(=O)=O. The van der Waals surface area contributed by atoms with Gasteiger partial charge in [-0.15, -0.1) is 0 Å². The lowest BCUT2D eigenvalue weighted by Gasteiger charge is -2.31. The molecule has 0 aromatic carbocycles. The van der Waals surface area contributed by atoms with Crippen molar-refractivity contribution >= 4 is 15.9 Å². The van der Waals surface area contributed by atoms with Gasteiger partial charge in [-0.05, 0) is 32.1 Å². The van der Waals surface area contributed by atoms with Gasteiger partial charge in [0.25, 0.3) is 0 Å². The van der Waals surface area contributed by atoms with Gasteiger partial charge in [-0.1, -0.05) is 20.8 Å². The maximum atomic E-state index is 12.3. The zero-order chi connectivity index (χ0) is 16.0. The van der Waals surface area contributed by atoms with Gasteiger partial charge in [0.05, 0.1) is 6.26 Å². The molecule has 2 atom stereocenters. The first-order chi connectivity index (χ1) is 9.03. The van der Waals surface area contributed by atoms with Crippen LogP contribution in [0.1, 0.15) is 47.0 Å². The van der Waals surface area contributed by atoms with E-state index in [0.29, 0.717) is 19.3 Å². The summed E-state index contributed by atoms with van der Waals surface area (Å²) in [5, 5.41) is 11.9. The molecule has 120 valence electrons. The molecule has 0 saturated carbocycles. The summed E-state index contributed by atoms with van der Waals surface area (Å²) in [5.41, 5.74) is -0.528. The number of nitrogens with one attached hydrogen (secondary N) is 2. The molecular weight excluding hydrogens is 280 g/mol. The molecule has 3 N–H and O–H groups in total. The van der Waals surface area contributed by atoms with E-state index in [0.717, 1.165) is 6.26 Å². The van der Waals surface area contributed by atoms with Crippen molar-refractivity contribution in [2.75, 3.05) is 12.9 Å². The number of sulfonamides is 1. The molecule has 0 aromatic heterocycles. The highest BCUT2D eigenvalue weighted by molar-refractivity contribution is 7.88. The van der Waals surface area contributed by atoms with Crippen molar-refractivity contribution in [3.05, 3.63) is 0 Å². The van der Waals surface area contributed by atoms with E-state index in [9.17, 15) is 13.2 Å². The van der Waals surface area contributed by atoms with Crippen LogP contribution in [-0.4, -0.2) is 43.9 Å². The van der Waals surface area contributed by atoms with Gasteiger partial charge in [-0.25, -0.2) is 13.1 Å². The summed E-state index contributed by atoms with van der Waals surface area (Å²) in [7, 11) is -3.45. The molecule has 0 aromatic rings. The second-order valence-electron chi connectivity index (χ2n) is 5.95. The summed E-state index contributed by atoms with van der Waals surface area (Å²) in [5.74, 6) is -0.160. The average molecular weight is 308 g/mol. The summed E-state index contributed by atoms with van der Waals surface area (Å²) in [4.78, 5) is 12.3. The third kappa shape index (κ3) is 7.81. The highest BCUT2D eigenvalue weighted by atomic mass is 32.2. The van der Waals surface area contributed by atoms with Crippen LogP contribution in [0.3, 0.4) is 0 Å². The minimum Gasteiger partial charge on any atom is -0.396 e. The second kappa shape index (κ2) is 7.95. The van der Waals surface area contributed by atoms with Crippen LogP contribution in [0.4, 0.5) is 0 Å². The number of carbonyl (C=O) groups excluding carboxylic acids is 1. The fourth-order valence-electron chi connectivity index (χ4n) is 1.90. The van der Waals surface area contributed by atoms with Crippen molar-refractivity contribution < 1.29 is 18.3 Å². The Labute approximate surface area is 122 Å². The number of aliphatic hydroxyl groups excluding tert-OH is 1. The van der Waals surface area contributed by atoms with Gasteiger partial charge in [-0.2, -0.15) is 0 Å². The van der Waals surface area contributed by atoms with Crippen LogP contribution in [0.2, 0.25) is 0 Å². The Balaban J connectivity index is 4.94. The fraction of sp³-hybridized carbons (Fsp3) is 0.923. The molecular formula is C13H28N2O4S. The van der Waals surface area contributed by atoms with E-state index < -0.39 is 21.6 Å². The highest BCUT2D eigenvalue weighted by Gasteiger charge is 2.29. The molecule has 0 fully saturated rings. The molecule has 7 heteroatoms. The topological polar surface area (TPSA) is 95.5 Å². The van der Waals surface area contributed by atoms with Crippen molar-refractivity contribution in [2.45, 2.75) is 58.5 Å². The fourth-order valence-corrected chi connectivity index (χ4v) is 2.62. The van der Waals surface area contributed by atoms with Gasteiger partial charge < -0.3 is 10.4 Å². The molecule has 0 radical (unpaired) electrons. The molecule has 20 heavy (non-hydrogen) atoms. The standard InChI is InChI=1S/C13H28N2O4S/c1-6-13(4,7-8-16)14-12(17)11(9-10(2)3)15-20(5,18)19/h10-11,15-16H,6-9H2,1-5H3,(H,14,17). The zero-order valence-electron chi connectivity index (χ0n) is 13.1. The third-order valence-corrected chi connectivity index (χ3v) is 3.96. The first kappa shape index (κ1) is 19.3. The maximum Gasteiger partial charge on any atom is 0.238 e. The molecule has 0 bridgehead atoms. The molecule has 2 unspecified atom stereocenters. The Hall–Kier alpha value is -0.660. The number of hydrogen-bond acceptors (Lipinski definition) is 4. The van der Waals surface area contributed by atoms with Crippen molar-refractivity contribution in [1.82, 2.24) is 10.0 Å². The summed E-state index contributed by atoms with van der Waals surface area (Å²) >= 11 is 0. The van der Waals surface area contributed by atoms with Gasteiger partial charge in [0, 0.05) is 12.1 Å². The van der Waals surface area contributed by atoms with Crippen LogP contribution < -0.4 is 10.0 Å². The summed E-state index contributed by atoms with van der Waals surface area (Å²) < 4.78 is 25.1. The van der Waals surface area contributed by atoms with E-state index in [-0.39, 0.29) is 18.4 Å². The van der Waals surface area contributed by atoms with E-state index in [1.165, 1.54) is 0 Å². The number of rotatable bonds is 9. The minimum atomic E-state index is -3.45. The first-order valence-corrected chi connectivity index (χ1v) is 8.82. The van der Waals surface area contributed by atoms with Crippen LogP contribution in [0, 0.1) is 5.92 Å². The quantitative estimate of drug-likeness (QED) is 0.582. The molecule has 0 spiro atoms. The lowest BCUT2D eigenvalue weighted by atomic mass is 9.93. The molecule has 0 aliphatic carbocycles. The van der Waals surface area contributed by atoms with E-state index in [1.807, 2.05) is 27.7 Å². The van der Waals surface area contributed by atoms with Crippen LogP contribution in [0.5, 0.6) is 0 Å². The molecule has 0 aliphatic heterocycles. The van der Waals surface area contributed by atoms with E-state index in [2.05, 4.69) is 10.0 Å². The summed E-state index contributed by atoms with van der Waals surface area (Å²) in [6, 6.07) is -0.783. The van der Waals surface area contributed by atoms with Crippen molar-refractivity contribution in [3.63, 3.8) is 0 Å². The van der Waals surface area contributed by atoms with Gasteiger partial charge in [0.2, 0.25) is 15.9 Å². The molecule has 0 heterocycles. The highest BCUT2D eigenvalue weighted by Crippen LogP contribution is 2.15. The summed E-state index contributed by atoms with van der Waals surface area (Å²) in [6.45, 7) is 7.58. The normalized spacial score (nSPS) is 16.8. The Kier molecular flexibility index (Phi) is 7.69. The Morgan fingerprint density at radius 3 is 2.25 bits per heavy atom. The number of carbonyl (C=O) groups is 1. The average Bonchev–Trinajstić information content (AvgIpc) is 2.25. The Morgan fingerprint density at radius 1 is 1.35 bits per heavy atom. The van der Waals surface area contributed by atoms with Gasteiger partial charge in [0.15, 0.2) is 0 Å². The predicted octanol–water partition coefficient (Wildman–Crippen LogP) is 0.618. The lowest BCUT2D eigenvalue weighted by molar-refractivity contribution is -0.125. The van der Waals surface area contributed by atoms with E-state index in [1.54, 1.807) is 0 Å². The first-order valence-electron chi connectivity index (χ1n) is 6.93. The molecule has 6 nitrogen and oxygen atoms in total. The minimum absolute atomic E-state index is 0.0288. The lowest BCUT2D eigenvalue weighted by Crippen LogP contribution is -2.54. The third-order valence-electron chi connectivity index (χ3n) is 3.25. The molecule has 0 rings (SSSR count). The van der Waals surface area contributed by atoms with Crippen molar-refractivity contribution in [3.8, 4) is 0 Å². The van der Waals surface area contributed by atoms with Crippen LogP contribution >= 0.6 is 0 Å². The number of aliphatic hydroxyl groups is 1. The second-order valence-corrected chi connectivity index (χ2v) is 7.73. The maximum absolute atomic E-state index is 12.3. The largest absolute Gasteiger partial charge is 0.396 e. The predicted molar refractivity (Wildman–Crippen MR) is 79.8 cm³/mol. The number of hydrogen-bond donors (Lipinski definition) is 3. The van der Waals surface area contributed by atoms with Gasteiger partial charge >= 0.3 is 0 Å². The smallest absolute Gasteiger partial charge is 0.238 e. The Morgan fingerprint density at radius 2 is 1.90 bits per heavy atom.